The number of halogens is 1. The van der Waals surface area contributed by atoms with Crippen LogP contribution >= 0.6 is 31.0 Å². The molecule has 16 heteroatoms. The number of rotatable bonds is 7. The first-order valence-corrected chi connectivity index (χ1v) is 11.7. The van der Waals surface area contributed by atoms with Crippen LogP contribution in [0.1, 0.15) is 13.2 Å². The second-order valence-corrected chi connectivity index (χ2v) is 9.80. The highest BCUT2D eigenvalue weighted by Crippen LogP contribution is 2.48. The number of thioether (sulfide) groups is 1. The number of imidazole rings is 1. The van der Waals surface area contributed by atoms with Crippen molar-refractivity contribution in [1.29, 1.82) is 0 Å². The third-order valence-electron chi connectivity index (χ3n) is 4.24. The second-order valence-electron chi connectivity index (χ2n) is 6.28. The standard InChI is InChI=1S/C14H19ClN5O8PS/c1-2-27-12(23)13(29(24,25)26)30-3-5-7(21)8(22)11(28-5)20-4-17-6-9(16)18-14(15)19-10(6)20/h4-5,7-8,11,13,21-22H,2-3H2,1H3,(H2,16,18,19)(H2,24,25,26). The van der Waals surface area contributed by atoms with E-state index in [2.05, 4.69) is 19.7 Å². The molecule has 0 radical (unpaired) electrons. The Balaban J connectivity index is 1.79. The smallest absolute Gasteiger partial charge is 0.349 e. The van der Waals surface area contributed by atoms with Crippen LogP contribution in [0.2, 0.25) is 5.28 Å². The summed E-state index contributed by atoms with van der Waals surface area (Å²) >= 11 is 6.38. The van der Waals surface area contributed by atoms with Crippen molar-refractivity contribution in [1.82, 2.24) is 19.5 Å². The van der Waals surface area contributed by atoms with E-state index in [9.17, 15) is 29.4 Å². The highest BCUT2D eigenvalue weighted by Gasteiger charge is 2.46. The van der Waals surface area contributed by atoms with Crippen LogP contribution in [-0.2, 0) is 18.8 Å². The molecule has 3 rings (SSSR count). The quantitative estimate of drug-likeness (QED) is 0.191. The highest BCUT2D eigenvalue weighted by atomic mass is 35.5. The third kappa shape index (κ3) is 4.55. The number of hydrogen-bond donors (Lipinski definition) is 5. The van der Waals surface area contributed by atoms with Crippen molar-refractivity contribution in [3.05, 3.63) is 11.6 Å². The summed E-state index contributed by atoms with van der Waals surface area (Å²) in [6.07, 6.45) is -3.78. The molecule has 0 aromatic carbocycles. The molecule has 5 unspecified atom stereocenters. The van der Waals surface area contributed by atoms with Crippen molar-refractivity contribution < 1.29 is 38.8 Å². The molecule has 0 bridgehead atoms. The van der Waals surface area contributed by atoms with E-state index < -0.39 is 43.1 Å². The monoisotopic (exact) mass is 483 g/mol. The molecule has 3 heterocycles. The summed E-state index contributed by atoms with van der Waals surface area (Å²) in [6, 6.07) is 0. The lowest BCUT2D eigenvalue weighted by Crippen LogP contribution is -2.33. The number of aliphatic hydroxyl groups is 2. The Labute approximate surface area is 178 Å². The number of anilines is 1. The van der Waals surface area contributed by atoms with Gasteiger partial charge in [-0.25, -0.2) is 4.98 Å². The van der Waals surface area contributed by atoms with Crippen LogP contribution < -0.4 is 5.73 Å². The molecule has 1 aliphatic rings. The first kappa shape index (κ1) is 23.2. The van der Waals surface area contributed by atoms with Gasteiger partial charge < -0.3 is 35.2 Å². The van der Waals surface area contributed by atoms with Gasteiger partial charge in [0, 0.05) is 5.75 Å². The molecule has 13 nitrogen and oxygen atoms in total. The molecular weight excluding hydrogens is 465 g/mol. The van der Waals surface area contributed by atoms with Gasteiger partial charge in [-0.2, -0.15) is 9.97 Å². The van der Waals surface area contributed by atoms with Gasteiger partial charge in [0.15, 0.2) is 17.7 Å². The Morgan fingerprint density at radius 3 is 2.77 bits per heavy atom. The molecule has 0 saturated carbocycles. The number of aromatic nitrogens is 4. The first-order valence-electron chi connectivity index (χ1n) is 8.55. The number of fused-ring (bicyclic) bond motifs is 1. The maximum Gasteiger partial charge on any atom is 0.349 e. The van der Waals surface area contributed by atoms with Crippen molar-refractivity contribution in [2.75, 3.05) is 18.1 Å². The van der Waals surface area contributed by atoms with E-state index in [0.717, 1.165) is 0 Å². The van der Waals surface area contributed by atoms with Crippen molar-refractivity contribution in [2.24, 2.45) is 0 Å². The lowest BCUT2D eigenvalue weighted by atomic mass is 10.1. The van der Waals surface area contributed by atoms with Crippen LogP contribution in [0.25, 0.3) is 11.2 Å². The van der Waals surface area contributed by atoms with E-state index >= 15 is 0 Å². The number of ether oxygens (including phenoxy) is 2. The van der Waals surface area contributed by atoms with E-state index in [1.54, 1.807) is 0 Å². The predicted octanol–water partition coefficient (Wildman–Crippen LogP) is -0.519. The van der Waals surface area contributed by atoms with Crippen molar-refractivity contribution in [2.45, 2.75) is 36.5 Å². The Morgan fingerprint density at radius 2 is 2.13 bits per heavy atom. The average Bonchev–Trinajstić information content (AvgIpc) is 3.17. The van der Waals surface area contributed by atoms with E-state index in [1.807, 2.05) is 0 Å². The van der Waals surface area contributed by atoms with E-state index in [1.165, 1.54) is 17.8 Å². The van der Waals surface area contributed by atoms with Gasteiger partial charge in [-0.15, -0.1) is 11.8 Å². The van der Waals surface area contributed by atoms with Gasteiger partial charge in [-0.3, -0.25) is 13.9 Å². The fourth-order valence-corrected chi connectivity index (χ4v) is 5.30. The van der Waals surface area contributed by atoms with Crippen molar-refractivity contribution in [3.63, 3.8) is 0 Å². The maximum absolute atomic E-state index is 11.9. The third-order valence-corrected chi connectivity index (χ3v) is 7.54. The minimum Gasteiger partial charge on any atom is -0.465 e. The molecule has 1 saturated heterocycles. The summed E-state index contributed by atoms with van der Waals surface area (Å²) in [4.78, 5) is 40.8. The van der Waals surface area contributed by atoms with Crippen LogP contribution in [0.3, 0.4) is 0 Å². The summed E-state index contributed by atoms with van der Waals surface area (Å²) in [5, 5.41) is 20.6. The van der Waals surface area contributed by atoms with Crippen molar-refractivity contribution >= 4 is 53.9 Å². The summed E-state index contributed by atoms with van der Waals surface area (Å²) < 4.78 is 23.3. The van der Waals surface area contributed by atoms with E-state index in [4.69, 9.17) is 22.1 Å². The summed E-state index contributed by atoms with van der Waals surface area (Å²) in [7, 11) is -4.83. The Kier molecular flexibility index (Phi) is 6.89. The first-order chi connectivity index (χ1) is 14.0. The van der Waals surface area contributed by atoms with Gasteiger partial charge in [-0.1, -0.05) is 0 Å². The molecule has 0 amide bonds. The summed E-state index contributed by atoms with van der Waals surface area (Å²) in [5.41, 5.74) is 6.13. The van der Waals surface area contributed by atoms with Crippen molar-refractivity contribution in [3.8, 4) is 0 Å². The number of carbonyl (C=O) groups excluding carboxylic acids is 1. The molecule has 6 N–H and O–H groups in total. The molecule has 1 fully saturated rings. The van der Waals surface area contributed by atoms with E-state index in [-0.39, 0.29) is 34.6 Å². The summed E-state index contributed by atoms with van der Waals surface area (Å²) in [5.74, 6) is -1.28. The minimum atomic E-state index is -4.83. The zero-order chi connectivity index (χ0) is 22.2. The topological polar surface area (TPSA) is 203 Å². The van der Waals surface area contributed by atoms with Gasteiger partial charge in [0.05, 0.1) is 19.0 Å². The van der Waals surface area contributed by atoms with Gasteiger partial charge >= 0.3 is 13.6 Å². The Bertz CT molecular complexity index is 989. The molecule has 166 valence electrons. The predicted molar refractivity (Wildman–Crippen MR) is 106 cm³/mol. The van der Waals surface area contributed by atoms with Crippen LogP contribution in [0.5, 0.6) is 0 Å². The van der Waals surface area contributed by atoms with Gasteiger partial charge in [0.1, 0.15) is 17.7 Å². The maximum atomic E-state index is 11.9. The number of nitrogens with zero attached hydrogens (tertiary/aromatic N) is 4. The fraction of sp³-hybridized carbons (Fsp3) is 0.571. The molecule has 0 spiro atoms. The molecule has 5 atom stereocenters. The molecule has 30 heavy (non-hydrogen) atoms. The highest BCUT2D eigenvalue weighted by molar-refractivity contribution is 8.06. The zero-order valence-electron chi connectivity index (χ0n) is 15.4. The van der Waals surface area contributed by atoms with E-state index in [0.29, 0.717) is 11.8 Å². The Hall–Kier alpha value is -1.51. The molecule has 1 aliphatic heterocycles. The van der Waals surface area contributed by atoms with Crippen LogP contribution in [0, 0.1) is 0 Å². The number of nitrogens with two attached hydrogens (primary N) is 1. The molecule has 0 aliphatic carbocycles. The lowest BCUT2D eigenvalue weighted by Gasteiger charge is -2.19. The number of nitrogen functional groups attached to an aromatic ring is 1. The molecule has 2 aromatic heterocycles. The molecule has 2 aromatic rings. The average molecular weight is 484 g/mol. The Morgan fingerprint density at radius 1 is 1.43 bits per heavy atom. The van der Waals surface area contributed by atoms with Gasteiger partial charge in [-0.05, 0) is 18.5 Å². The lowest BCUT2D eigenvalue weighted by molar-refractivity contribution is -0.141. The van der Waals surface area contributed by atoms with Gasteiger partial charge in [0.25, 0.3) is 0 Å². The number of carbonyl (C=O) groups is 1. The number of esters is 1. The fourth-order valence-electron chi connectivity index (χ4n) is 2.90. The van der Waals surface area contributed by atoms with Crippen LogP contribution in [0.15, 0.2) is 6.33 Å². The summed E-state index contributed by atoms with van der Waals surface area (Å²) in [6.45, 7) is 1.45. The van der Waals surface area contributed by atoms with Crippen LogP contribution in [-0.4, -0.2) is 81.2 Å². The number of aliphatic hydroxyl groups excluding tert-OH is 2. The minimum absolute atomic E-state index is 0.0165. The van der Waals surface area contributed by atoms with Crippen LogP contribution in [0.4, 0.5) is 5.82 Å². The largest absolute Gasteiger partial charge is 0.465 e. The normalized spacial score (nSPS) is 25.5. The van der Waals surface area contributed by atoms with Gasteiger partial charge in [0.2, 0.25) is 10.3 Å². The second kappa shape index (κ2) is 8.93. The number of hydrogen-bond acceptors (Lipinski definition) is 11. The SMILES string of the molecule is CCOC(=O)C(SCC1OC(n2cnc3c(N)nc(Cl)nc32)C(O)C1O)P(=O)(O)O. The molecular formula is C14H19ClN5O8PS. The zero-order valence-corrected chi connectivity index (χ0v) is 17.9.